The summed E-state index contributed by atoms with van der Waals surface area (Å²) in [5, 5.41) is 0. The van der Waals surface area contributed by atoms with E-state index in [0.717, 1.165) is 0 Å². The van der Waals surface area contributed by atoms with Gasteiger partial charge in [-0.3, -0.25) is 14.4 Å². The van der Waals surface area contributed by atoms with Crippen molar-refractivity contribution in [1.82, 2.24) is 9.62 Å². The number of carbonyl (C=O) groups is 3. The highest BCUT2D eigenvalue weighted by atomic mass is 32.2. The lowest BCUT2D eigenvalue weighted by atomic mass is 10.1. The van der Waals surface area contributed by atoms with Gasteiger partial charge >= 0.3 is 0 Å². The van der Waals surface area contributed by atoms with Gasteiger partial charge < -0.3 is 25.0 Å². The number of rotatable bonds is 7. The second-order valence-corrected chi connectivity index (χ2v) is 9.14. The first kappa shape index (κ1) is 24.1. The molecule has 3 rings (SSSR count). The summed E-state index contributed by atoms with van der Waals surface area (Å²) in [6, 6.07) is 2.79. The SMILES string of the molecule is CCc1c(N2CCOCC2=O)cccc1S(=O)(=O)N[C@@H](C(N)=O)C(=O)N1CCCOCC1. The molecule has 0 aromatic heterocycles. The lowest BCUT2D eigenvalue weighted by Crippen LogP contribution is -2.55. The molecule has 0 unspecified atom stereocenters. The number of benzene rings is 1. The Balaban J connectivity index is 1.92. The molecule has 1 atom stereocenters. The van der Waals surface area contributed by atoms with Crippen molar-refractivity contribution >= 4 is 33.4 Å². The van der Waals surface area contributed by atoms with Gasteiger partial charge in [-0.25, -0.2) is 8.42 Å². The van der Waals surface area contributed by atoms with Crippen LogP contribution in [0.5, 0.6) is 0 Å². The molecule has 32 heavy (non-hydrogen) atoms. The molecule has 0 saturated carbocycles. The van der Waals surface area contributed by atoms with Crippen LogP contribution in [0.15, 0.2) is 23.1 Å². The van der Waals surface area contributed by atoms with Gasteiger partial charge in [0.05, 0.1) is 18.1 Å². The molecule has 2 fully saturated rings. The normalized spacial score (nSPS) is 18.8. The van der Waals surface area contributed by atoms with Crippen molar-refractivity contribution in [3.63, 3.8) is 0 Å². The Kier molecular flexibility index (Phi) is 7.82. The number of nitrogens with zero attached hydrogens (tertiary/aromatic N) is 2. The topological polar surface area (TPSA) is 148 Å². The van der Waals surface area contributed by atoms with Crippen LogP contribution in [0, 0.1) is 0 Å². The number of anilines is 1. The highest BCUT2D eigenvalue weighted by molar-refractivity contribution is 7.89. The highest BCUT2D eigenvalue weighted by Gasteiger charge is 2.35. The van der Waals surface area contributed by atoms with Crippen LogP contribution in [0.3, 0.4) is 0 Å². The van der Waals surface area contributed by atoms with Gasteiger partial charge in [0.1, 0.15) is 6.61 Å². The number of primary amides is 1. The number of amides is 3. The number of carbonyl (C=O) groups excluding carboxylic acids is 3. The molecule has 0 aliphatic carbocycles. The molecule has 3 amide bonds. The predicted molar refractivity (Wildman–Crippen MR) is 114 cm³/mol. The number of nitrogens with one attached hydrogen (secondary N) is 1. The zero-order chi connectivity index (χ0) is 23.3. The fourth-order valence-electron chi connectivity index (χ4n) is 3.78. The molecule has 0 radical (unpaired) electrons. The summed E-state index contributed by atoms with van der Waals surface area (Å²) < 4.78 is 39.1. The van der Waals surface area contributed by atoms with Crippen molar-refractivity contribution < 1.29 is 32.3 Å². The zero-order valence-corrected chi connectivity index (χ0v) is 18.7. The van der Waals surface area contributed by atoms with Gasteiger partial charge in [-0.05, 0) is 30.5 Å². The average molecular weight is 469 g/mol. The monoisotopic (exact) mass is 468 g/mol. The fraction of sp³-hybridized carbons (Fsp3) is 0.550. The van der Waals surface area contributed by atoms with Crippen molar-refractivity contribution in [2.45, 2.75) is 30.7 Å². The second-order valence-electron chi connectivity index (χ2n) is 7.45. The van der Waals surface area contributed by atoms with E-state index < -0.39 is 27.9 Å². The van der Waals surface area contributed by atoms with Crippen molar-refractivity contribution in [1.29, 1.82) is 0 Å². The van der Waals surface area contributed by atoms with E-state index in [4.69, 9.17) is 15.2 Å². The zero-order valence-electron chi connectivity index (χ0n) is 17.9. The Labute approximate surface area is 186 Å². The number of hydrogen-bond acceptors (Lipinski definition) is 7. The van der Waals surface area contributed by atoms with Crippen LogP contribution in [0.4, 0.5) is 5.69 Å². The van der Waals surface area contributed by atoms with E-state index in [1.54, 1.807) is 13.0 Å². The van der Waals surface area contributed by atoms with Crippen molar-refractivity contribution in [2.24, 2.45) is 5.73 Å². The van der Waals surface area contributed by atoms with Crippen LogP contribution < -0.4 is 15.4 Å². The molecular weight excluding hydrogens is 440 g/mol. The Morgan fingerprint density at radius 3 is 2.59 bits per heavy atom. The summed E-state index contributed by atoms with van der Waals surface area (Å²) in [5.41, 5.74) is 6.24. The Hall–Kier alpha value is -2.54. The summed E-state index contributed by atoms with van der Waals surface area (Å²) in [6.07, 6.45) is 0.870. The maximum absolute atomic E-state index is 13.3. The predicted octanol–water partition coefficient (Wildman–Crippen LogP) is -1.01. The molecule has 176 valence electrons. The third kappa shape index (κ3) is 5.26. The van der Waals surface area contributed by atoms with Gasteiger partial charge in [-0.1, -0.05) is 13.0 Å². The van der Waals surface area contributed by atoms with Crippen molar-refractivity contribution in [3.8, 4) is 0 Å². The summed E-state index contributed by atoms with van der Waals surface area (Å²) in [4.78, 5) is 40.0. The summed E-state index contributed by atoms with van der Waals surface area (Å²) in [7, 11) is -4.32. The molecule has 0 bridgehead atoms. The van der Waals surface area contributed by atoms with Gasteiger partial charge in [0.15, 0.2) is 6.04 Å². The largest absolute Gasteiger partial charge is 0.380 e. The Morgan fingerprint density at radius 1 is 1.16 bits per heavy atom. The number of morpholine rings is 1. The standard InChI is InChI=1S/C20H28N4O7S/c1-2-14-15(24-9-12-31-13-17(24)25)5-3-6-16(14)32(28,29)22-18(19(21)26)20(27)23-7-4-10-30-11-8-23/h3,5-6,18,22H,2,4,7-13H2,1H3,(H2,21,26)/t18-/m0/s1. The highest BCUT2D eigenvalue weighted by Crippen LogP contribution is 2.29. The van der Waals surface area contributed by atoms with Gasteiger partial charge in [-0.2, -0.15) is 4.72 Å². The lowest BCUT2D eigenvalue weighted by Gasteiger charge is -2.29. The van der Waals surface area contributed by atoms with E-state index in [-0.39, 0.29) is 24.0 Å². The maximum atomic E-state index is 13.3. The van der Waals surface area contributed by atoms with Crippen LogP contribution in [-0.4, -0.2) is 83.1 Å². The van der Waals surface area contributed by atoms with E-state index >= 15 is 0 Å². The minimum atomic E-state index is -4.32. The van der Waals surface area contributed by atoms with Crippen LogP contribution in [-0.2, 0) is 40.3 Å². The molecule has 3 N–H and O–H groups in total. The van der Waals surface area contributed by atoms with E-state index in [0.29, 0.717) is 57.0 Å². The lowest BCUT2D eigenvalue weighted by molar-refractivity contribution is -0.137. The molecule has 2 saturated heterocycles. The van der Waals surface area contributed by atoms with Crippen molar-refractivity contribution in [3.05, 3.63) is 23.8 Å². The quantitative estimate of drug-likeness (QED) is 0.487. The Bertz CT molecular complexity index is 974. The fourth-order valence-corrected chi connectivity index (χ4v) is 5.27. The molecular formula is C20H28N4O7S. The number of hydrogen-bond donors (Lipinski definition) is 2. The summed E-state index contributed by atoms with van der Waals surface area (Å²) >= 11 is 0. The Morgan fingerprint density at radius 2 is 1.91 bits per heavy atom. The molecule has 0 spiro atoms. The molecule has 1 aromatic carbocycles. The van der Waals surface area contributed by atoms with E-state index in [9.17, 15) is 22.8 Å². The number of ether oxygens (including phenoxy) is 2. The minimum Gasteiger partial charge on any atom is -0.380 e. The summed E-state index contributed by atoms with van der Waals surface area (Å²) in [5.74, 6) is -2.09. The van der Waals surface area contributed by atoms with Gasteiger partial charge in [-0.15, -0.1) is 0 Å². The first-order valence-electron chi connectivity index (χ1n) is 10.4. The third-order valence-electron chi connectivity index (χ3n) is 5.37. The van der Waals surface area contributed by atoms with Crippen LogP contribution in [0.25, 0.3) is 0 Å². The third-order valence-corrected chi connectivity index (χ3v) is 6.87. The van der Waals surface area contributed by atoms with E-state index in [1.165, 1.54) is 21.9 Å². The smallest absolute Gasteiger partial charge is 0.253 e. The van der Waals surface area contributed by atoms with Gasteiger partial charge in [0.2, 0.25) is 15.9 Å². The molecule has 2 heterocycles. The molecule has 1 aromatic rings. The number of nitrogens with two attached hydrogens (primary N) is 1. The van der Waals surface area contributed by atoms with E-state index in [1.807, 2.05) is 0 Å². The second kappa shape index (κ2) is 10.4. The first-order chi connectivity index (χ1) is 15.3. The van der Waals surface area contributed by atoms with Crippen molar-refractivity contribution in [2.75, 3.05) is 51.0 Å². The van der Waals surface area contributed by atoms with Crippen LogP contribution in [0.1, 0.15) is 18.9 Å². The van der Waals surface area contributed by atoms with Crippen LogP contribution in [0.2, 0.25) is 0 Å². The van der Waals surface area contributed by atoms with Crippen LogP contribution >= 0.6 is 0 Å². The summed E-state index contributed by atoms with van der Waals surface area (Å²) in [6.45, 7) is 3.64. The number of sulfonamides is 1. The molecule has 2 aliphatic heterocycles. The van der Waals surface area contributed by atoms with Gasteiger partial charge in [0, 0.05) is 31.9 Å². The average Bonchev–Trinajstić information content (AvgIpc) is 3.06. The van der Waals surface area contributed by atoms with Gasteiger partial charge in [0.25, 0.3) is 11.8 Å². The van der Waals surface area contributed by atoms with E-state index in [2.05, 4.69) is 4.72 Å². The first-order valence-corrected chi connectivity index (χ1v) is 11.9. The minimum absolute atomic E-state index is 0.0871. The molecule has 12 heteroatoms. The maximum Gasteiger partial charge on any atom is 0.253 e. The molecule has 11 nitrogen and oxygen atoms in total. The molecule has 2 aliphatic rings.